The van der Waals surface area contributed by atoms with Gasteiger partial charge in [-0.05, 0) is 26.2 Å². The van der Waals surface area contributed by atoms with E-state index in [4.69, 9.17) is 23.2 Å². The van der Waals surface area contributed by atoms with Crippen molar-refractivity contribution in [1.82, 2.24) is 29.8 Å². The number of nitrogens with zero attached hydrogens (tertiary/aromatic N) is 5. The largest absolute Gasteiger partial charge is 0.357 e. The molecule has 0 spiro atoms. The van der Waals surface area contributed by atoms with E-state index in [1.807, 2.05) is 20.2 Å². The van der Waals surface area contributed by atoms with E-state index in [0.717, 1.165) is 35.1 Å². The zero-order valence-corrected chi connectivity index (χ0v) is 16.7. The molecule has 0 saturated heterocycles. The molecule has 4 rings (SSSR count). The molecule has 0 fully saturated rings. The lowest BCUT2D eigenvalue weighted by Crippen LogP contribution is -2.36. The predicted octanol–water partition coefficient (Wildman–Crippen LogP) is 2.83. The number of aromatic amines is 1. The molecule has 1 aromatic carbocycles. The monoisotopic (exact) mass is 406 g/mol. The molecule has 0 atom stereocenters. The maximum atomic E-state index is 12.9. The highest BCUT2D eigenvalue weighted by Crippen LogP contribution is 2.34. The highest BCUT2D eigenvalue weighted by Gasteiger charge is 2.27. The summed E-state index contributed by atoms with van der Waals surface area (Å²) in [6, 6.07) is 3.62. The Morgan fingerprint density at radius 1 is 1.33 bits per heavy atom. The van der Waals surface area contributed by atoms with Crippen LogP contribution in [0.25, 0.3) is 10.9 Å². The molecule has 0 aliphatic carbocycles. The summed E-state index contributed by atoms with van der Waals surface area (Å²) in [6.07, 6.45) is 2.45. The summed E-state index contributed by atoms with van der Waals surface area (Å²) in [5.74, 6) is -0.112. The van der Waals surface area contributed by atoms with Gasteiger partial charge in [0.15, 0.2) is 5.69 Å². The van der Waals surface area contributed by atoms with Crippen molar-refractivity contribution in [2.75, 3.05) is 27.2 Å². The number of likely N-dealkylation sites (N-methyl/N-ethyl adjacent to an activating group) is 1. The number of amides is 1. The molecule has 7 nitrogen and oxygen atoms in total. The molecule has 3 heterocycles. The lowest BCUT2D eigenvalue weighted by atomic mass is 10.0. The van der Waals surface area contributed by atoms with Crippen molar-refractivity contribution in [2.24, 2.45) is 0 Å². The van der Waals surface area contributed by atoms with Gasteiger partial charge in [0.25, 0.3) is 5.91 Å². The number of halogens is 2. The van der Waals surface area contributed by atoms with Crippen molar-refractivity contribution >= 4 is 40.0 Å². The molecule has 9 heteroatoms. The number of H-pyrrole nitrogens is 1. The van der Waals surface area contributed by atoms with Crippen LogP contribution in [0.2, 0.25) is 10.0 Å². The third kappa shape index (κ3) is 3.54. The minimum atomic E-state index is -0.112. The number of carbonyl (C=O) groups is 1. The third-order valence-corrected chi connectivity index (χ3v) is 5.34. The number of nitrogens with one attached hydrogen (secondary N) is 1. The van der Waals surface area contributed by atoms with Crippen LogP contribution in [0, 0.1) is 0 Å². The van der Waals surface area contributed by atoms with Crippen LogP contribution in [0.15, 0.2) is 18.3 Å². The summed E-state index contributed by atoms with van der Waals surface area (Å²) < 4.78 is 1.70. The van der Waals surface area contributed by atoms with Crippen molar-refractivity contribution in [3.8, 4) is 0 Å². The molecule has 1 N–H and O–H groups in total. The molecule has 1 aliphatic rings. The zero-order valence-electron chi connectivity index (χ0n) is 15.2. The van der Waals surface area contributed by atoms with Crippen LogP contribution in [-0.4, -0.2) is 62.9 Å². The van der Waals surface area contributed by atoms with Crippen LogP contribution in [0.1, 0.15) is 21.7 Å². The molecule has 1 amide bonds. The number of fused-ring (bicyclic) bond motifs is 3. The Bertz CT molecular complexity index is 1010. The summed E-state index contributed by atoms with van der Waals surface area (Å²) in [4.78, 5) is 20.1. The molecular weight excluding hydrogens is 387 g/mol. The molecule has 3 aromatic rings. The normalized spacial score (nSPS) is 14.2. The maximum Gasteiger partial charge on any atom is 0.276 e. The fraction of sp³-hybridized carbons (Fsp3) is 0.389. The van der Waals surface area contributed by atoms with Gasteiger partial charge in [-0.2, -0.15) is 0 Å². The van der Waals surface area contributed by atoms with Gasteiger partial charge >= 0.3 is 0 Å². The first-order chi connectivity index (χ1) is 12.9. The Hall–Kier alpha value is -2.09. The number of hydrogen-bond acceptors (Lipinski definition) is 4. The Labute approximate surface area is 166 Å². The molecular formula is C18H20Cl2N6O. The van der Waals surface area contributed by atoms with Crippen molar-refractivity contribution in [3.05, 3.63) is 45.3 Å². The average Bonchev–Trinajstić information content (AvgIpc) is 3.24. The van der Waals surface area contributed by atoms with Gasteiger partial charge in [-0.25, -0.2) is 0 Å². The second-order valence-electron chi connectivity index (χ2n) is 7.04. The summed E-state index contributed by atoms with van der Waals surface area (Å²) in [6.45, 7) is 2.64. The minimum absolute atomic E-state index is 0.112. The van der Waals surface area contributed by atoms with Gasteiger partial charge in [0.1, 0.15) is 0 Å². The Kier molecular flexibility index (Phi) is 4.84. The quantitative estimate of drug-likeness (QED) is 0.722. The third-order valence-electron chi connectivity index (χ3n) is 4.82. The van der Waals surface area contributed by atoms with Crippen LogP contribution < -0.4 is 0 Å². The minimum Gasteiger partial charge on any atom is -0.357 e. The fourth-order valence-corrected chi connectivity index (χ4v) is 3.92. The average molecular weight is 407 g/mol. The van der Waals surface area contributed by atoms with Gasteiger partial charge in [-0.1, -0.05) is 28.4 Å². The van der Waals surface area contributed by atoms with Crippen molar-refractivity contribution in [1.29, 1.82) is 0 Å². The Balaban J connectivity index is 1.56. The van der Waals surface area contributed by atoms with Crippen molar-refractivity contribution < 1.29 is 4.79 Å². The molecule has 0 saturated carbocycles. The highest BCUT2D eigenvalue weighted by molar-refractivity contribution is 6.38. The van der Waals surface area contributed by atoms with Gasteiger partial charge < -0.3 is 14.8 Å². The fourth-order valence-electron chi connectivity index (χ4n) is 3.38. The number of rotatable bonds is 4. The van der Waals surface area contributed by atoms with Gasteiger partial charge in [-0.15, -0.1) is 5.10 Å². The van der Waals surface area contributed by atoms with Crippen molar-refractivity contribution in [2.45, 2.75) is 19.5 Å². The van der Waals surface area contributed by atoms with Crippen LogP contribution in [0.4, 0.5) is 0 Å². The van der Waals surface area contributed by atoms with Crippen LogP contribution in [0.5, 0.6) is 0 Å². The van der Waals surface area contributed by atoms with E-state index in [-0.39, 0.29) is 5.91 Å². The predicted molar refractivity (Wildman–Crippen MR) is 105 cm³/mol. The van der Waals surface area contributed by atoms with Crippen LogP contribution in [-0.2, 0) is 19.5 Å². The second kappa shape index (κ2) is 7.14. The number of benzene rings is 1. The zero-order chi connectivity index (χ0) is 19.1. The standard InChI is InChI=1S/C18H20Cl2N6O/c1-24(2)5-6-26-10-16(22-23-26)18(27)25-4-3-15-13(9-25)12-7-11(19)8-14(20)17(12)21-15/h7-8,10,21H,3-6,9H2,1-2H3. The first-order valence-corrected chi connectivity index (χ1v) is 9.50. The lowest BCUT2D eigenvalue weighted by Gasteiger charge is -2.26. The van der Waals surface area contributed by atoms with Crippen LogP contribution >= 0.6 is 23.2 Å². The SMILES string of the molecule is CN(C)CCn1cc(C(=O)N2CCc3[nH]c4c(Cl)cc(Cl)cc4c3C2)nn1. The highest BCUT2D eigenvalue weighted by atomic mass is 35.5. The van der Waals surface area contributed by atoms with E-state index in [0.29, 0.717) is 35.4 Å². The van der Waals surface area contributed by atoms with Gasteiger partial charge in [-0.3, -0.25) is 9.48 Å². The van der Waals surface area contributed by atoms with Crippen LogP contribution in [0.3, 0.4) is 0 Å². The van der Waals surface area contributed by atoms with E-state index in [9.17, 15) is 4.79 Å². The molecule has 2 aromatic heterocycles. The topological polar surface area (TPSA) is 70.1 Å². The lowest BCUT2D eigenvalue weighted by molar-refractivity contribution is 0.0729. The van der Waals surface area contributed by atoms with E-state index < -0.39 is 0 Å². The summed E-state index contributed by atoms with van der Waals surface area (Å²) in [5, 5.41) is 10.3. The van der Waals surface area contributed by atoms with Gasteiger partial charge in [0, 0.05) is 47.7 Å². The van der Waals surface area contributed by atoms with E-state index in [1.165, 1.54) is 0 Å². The molecule has 1 aliphatic heterocycles. The van der Waals surface area contributed by atoms with Gasteiger partial charge in [0.05, 0.1) is 23.3 Å². The molecule has 0 radical (unpaired) electrons. The smallest absolute Gasteiger partial charge is 0.276 e. The maximum absolute atomic E-state index is 12.9. The molecule has 0 bridgehead atoms. The molecule has 27 heavy (non-hydrogen) atoms. The Morgan fingerprint density at radius 2 is 2.15 bits per heavy atom. The number of aromatic nitrogens is 4. The summed E-state index contributed by atoms with van der Waals surface area (Å²) >= 11 is 12.5. The summed E-state index contributed by atoms with van der Waals surface area (Å²) in [5.41, 5.74) is 3.41. The number of hydrogen-bond donors (Lipinski definition) is 1. The van der Waals surface area contributed by atoms with Gasteiger partial charge in [0.2, 0.25) is 0 Å². The van der Waals surface area contributed by atoms with Crippen molar-refractivity contribution in [3.63, 3.8) is 0 Å². The summed E-state index contributed by atoms with van der Waals surface area (Å²) in [7, 11) is 3.99. The number of carbonyl (C=O) groups excluding carboxylic acids is 1. The van der Waals surface area contributed by atoms with E-state index in [1.54, 1.807) is 21.8 Å². The van der Waals surface area contributed by atoms with E-state index >= 15 is 0 Å². The first-order valence-electron chi connectivity index (χ1n) is 8.75. The second-order valence-corrected chi connectivity index (χ2v) is 7.88. The molecule has 0 unspecified atom stereocenters. The Morgan fingerprint density at radius 3 is 2.93 bits per heavy atom. The van der Waals surface area contributed by atoms with E-state index in [2.05, 4.69) is 20.2 Å². The first kappa shape index (κ1) is 18.3. The molecule has 142 valence electrons.